The molecule has 0 aliphatic carbocycles. The smallest absolute Gasteiger partial charge is 0.349 e. The number of hydrogen-bond acceptors (Lipinski definition) is 3. The Labute approximate surface area is 130 Å². The number of halogens is 3. The van der Waals surface area contributed by atoms with Gasteiger partial charge in [0.05, 0.1) is 23.1 Å². The molecular formula is C14H16F3N3OS. The molecule has 1 aromatic carbocycles. The molecule has 0 aliphatic heterocycles. The van der Waals surface area contributed by atoms with Crippen LogP contribution in [-0.4, -0.2) is 27.5 Å². The number of aryl methyl sites for hydroxylation is 1. The number of amides is 1. The summed E-state index contributed by atoms with van der Waals surface area (Å²) >= 11 is 1.57. The molecule has 0 fully saturated rings. The zero-order chi connectivity index (χ0) is 16.3. The van der Waals surface area contributed by atoms with Crippen molar-refractivity contribution in [1.29, 1.82) is 0 Å². The highest BCUT2D eigenvalue weighted by atomic mass is 32.2. The second kappa shape index (κ2) is 6.60. The van der Waals surface area contributed by atoms with E-state index in [1.807, 2.05) is 6.26 Å². The van der Waals surface area contributed by atoms with Crippen molar-refractivity contribution in [1.82, 2.24) is 14.9 Å². The predicted octanol–water partition coefficient (Wildman–Crippen LogP) is 2.96. The lowest BCUT2D eigenvalue weighted by atomic mass is 10.2. The Morgan fingerprint density at radius 2 is 2.14 bits per heavy atom. The van der Waals surface area contributed by atoms with E-state index >= 15 is 0 Å². The van der Waals surface area contributed by atoms with E-state index in [-0.39, 0.29) is 18.0 Å². The third-order valence-electron chi connectivity index (χ3n) is 3.28. The molecule has 1 aromatic heterocycles. The van der Waals surface area contributed by atoms with Gasteiger partial charge >= 0.3 is 6.18 Å². The van der Waals surface area contributed by atoms with Crippen LogP contribution in [0.4, 0.5) is 13.2 Å². The number of benzene rings is 1. The van der Waals surface area contributed by atoms with Gasteiger partial charge in [-0.15, -0.1) is 0 Å². The van der Waals surface area contributed by atoms with E-state index in [9.17, 15) is 18.0 Å². The number of nitrogens with zero attached hydrogens (tertiary/aromatic N) is 2. The average Bonchev–Trinajstić information content (AvgIpc) is 2.78. The molecule has 0 saturated heterocycles. The summed E-state index contributed by atoms with van der Waals surface area (Å²) in [5, 5.41) is 2.72. The first kappa shape index (κ1) is 16.7. The van der Waals surface area contributed by atoms with E-state index in [1.165, 1.54) is 6.07 Å². The summed E-state index contributed by atoms with van der Waals surface area (Å²) < 4.78 is 39.8. The van der Waals surface area contributed by atoms with Crippen LogP contribution < -0.4 is 5.32 Å². The molecule has 0 bridgehead atoms. The molecule has 8 heteroatoms. The fourth-order valence-electron chi connectivity index (χ4n) is 2.04. The maximum Gasteiger partial charge on any atom is 0.416 e. The van der Waals surface area contributed by atoms with Gasteiger partial charge in [0.25, 0.3) is 0 Å². The highest BCUT2D eigenvalue weighted by Gasteiger charge is 2.31. The van der Waals surface area contributed by atoms with Crippen LogP contribution in [0.1, 0.15) is 17.8 Å². The average molecular weight is 331 g/mol. The maximum atomic E-state index is 12.7. The second-order valence-corrected chi connectivity index (χ2v) is 5.79. The molecule has 1 N–H and O–H groups in total. The first-order valence-corrected chi connectivity index (χ1v) is 8.00. The molecule has 0 saturated carbocycles. The van der Waals surface area contributed by atoms with E-state index < -0.39 is 11.7 Å². The van der Waals surface area contributed by atoms with Crippen molar-refractivity contribution in [3.8, 4) is 0 Å². The zero-order valence-corrected chi connectivity index (χ0v) is 13.0. The molecule has 2 rings (SSSR count). The maximum absolute atomic E-state index is 12.7. The predicted molar refractivity (Wildman–Crippen MR) is 80.6 cm³/mol. The number of rotatable bonds is 5. The van der Waals surface area contributed by atoms with Crippen LogP contribution in [-0.2, 0) is 24.6 Å². The number of fused-ring (bicyclic) bond motifs is 1. The number of alkyl halides is 3. The van der Waals surface area contributed by atoms with E-state index in [0.29, 0.717) is 17.8 Å². The van der Waals surface area contributed by atoms with Gasteiger partial charge in [-0.1, -0.05) is 0 Å². The minimum atomic E-state index is -4.39. The number of hydrogen-bond donors (Lipinski definition) is 1. The molecule has 0 atom stereocenters. The summed E-state index contributed by atoms with van der Waals surface area (Å²) in [7, 11) is 1.71. The van der Waals surface area contributed by atoms with Crippen LogP contribution in [0.2, 0.25) is 0 Å². The number of thioether (sulfide) groups is 1. The number of nitrogens with one attached hydrogen (secondary N) is 1. The third kappa shape index (κ3) is 3.73. The van der Waals surface area contributed by atoms with Gasteiger partial charge < -0.3 is 9.88 Å². The van der Waals surface area contributed by atoms with Gasteiger partial charge in [0.1, 0.15) is 5.82 Å². The molecule has 0 radical (unpaired) electrons. The SMILES string of the molecule is CSCCC(=O)NCc1nc2cc(C(F)(F)F)ccc2n1C. The number of carbonyl (C=O) groups excluding carboxylic acids is 1. The van der Waals surface area contributed by atoms with Gasteiger partial charge in [0.2, 0.25) is 5.91 Å². The first-order valence-electron chi connectivity index (χ1n) is 6.61. The number of imidazole rings is 1. The standard InChI is InChI=1S/C14H16F3N3OS/c1-20-11-4-3-9(14(15,16)17)7-10(11)19-12(20)8-18-13(21)5-6-22-2/h3-4,7H,5-6,8H2,1-2H3,(H,18,21). The molecule has 0 unspecified atom stereocenters. The molecule has 4 nitrogen and oxygen atoms in total. The van der Waals surface area contributed by atoms with Gasteiger partial charge in [0.15, 0.2) is 0 Å². The molecule has 1 heterocycles. The van der Waals surface area contributed by atoms with E-state index in [1.54, 1.807) is 23.4 Å². The minimum absolute atomic E-state index is 0.0996. The monoisotopic (exact) mass is 331 g/mol. The summed E-state index contributed by atoms with van der Waals surface area (Å²) in [4.78, 5) is 15.8. The zero-order valence-electron chi connectivity index (χ0n) is 12.2. The molecular weight excluding hydrogens is 315 g/mol. The van der Waals surface area contributed by atoms with Crippen molar-refractivity contribution in [3.05, 3.63) is 29.6 Å². The normalized spacial score (nSPS) is 11.9. The Kier molecular flexibility index (Phi) is 5.00. The van der Waals surface area contributed by atoms with Crippen molar-refractivity contribution in [2.24, 2.45) is 7.05 Å². The largest absolute Gasteiger partial charge is 0.416 e. The summed E-state index contributed by atoms with van der Waals surface area (Å²) in [6.07, 6.45) is -2.07. The van der Waals surface area contributed by atoms with Crippen LogP contribution in [0.3, 0.4) is 0 Å². The molecule has 120 valence electrons. The van der Waals surface area contributed by atoms with E-state index in [4.69, 9.17) is 0 Å². The first-order chi connectivity index (χ1) is 10.3. The minimum Gasteiger partial charge on any atom is -0.349 e. The van der Waals surface area contributed by atoms with Crippen LogP contribution in [0.15, 0.2) is 18.2 Å². The van der Waals surface area contributed by atoms with Gasteiger partial charge in [-0.05, 0) is 24.5 Å². The van der Waals surface area contributed by atoms with E-state index in [2.05, 4.69) is 10.3 Å². The van der Waals surface area contributed by atoms with Gasteiger partial charge in [0, 0.05) is 19.2 Å². The molecule has 2 aromatic rings. The Bertz CT molecular complexity index is 682. The van der Waals surface area contributed by atoms with Crippen LogP contribution >= 0.6 is 11.8 Å². The summed E-state index contributed by atoms with van der Waals surface area (Å²) in [5.74, 6) is 1.15. The van der Waals surface area contributed by atoms with Crippen molar-refractivity contribution >= 4 is 28.7 Å². The Balaban J connectivity index is 2.18. The van der Waals surface area contributed by atoms with Crippen LogP contribution in [0, 0.1) is 0 Å². The van der Waals surface area contributed by atoms with Crippen molar-refractivity contribution < 1.29 is 18.0 Å². The summed E-state index contributed by atoms with van der Waals surface area (Å²) in [5.41, 5.74) is 0.140. The summed E-state index contributed by atoms with van der Waals surface area (Å²) in [6.45, 7) is 0.194. The van der Waals surface area contributed by atoms with Crippen LogP contribution in [0.25, 0.3) is 11.0 Å². The molecule has 22 heavy (non-hydrogen) atoms. The van der Waals surface area contributed by atoms with Gasteiger partial charge in [-0.3, -0.25) is 4.79 Å². The number of carbonyl (C=O) groups is 1. The Morgan fingerprint density at radius 3 is 2.77 bits per heavy atom. The van der Waals surface area contributed by atoms with Gasteiger partial charge in [-0.25, -0.2) is 4.98 Å². The van der Waals surface area contributed by atoms with Crippen molar-refractivity contribution in [2.75, 3.05) is 12.0 Å². The lowest BCUT2D eigenvalue weighted by molar-refractivity contribution is -0.137. The molecule has 0 spiro atoms. The lowest BCUT2D eigenvalue weighted by Crippen LogP contribution is -2.24. The molecule has 1 amide bonds. The van der Waals surface area contributed by atoms with E-state index in [0.717, 1.165) is 17.9 Å². The highest BCUT2D eigenvalue weighted by Crippen LogP contribution is 2.31. The van der Waals surface area contributed by atoms with Gasteiger partial charge in [-0.2, -0.15) is 24.9 Å². The van der Waals surface area contributed by atoms with Crippen molar-refractivity contribution in [2.45, 2.75) is 19.1 Å². The topological polar surface area (TPSA) is 46.9 Å². The Hall–Kier alpha value is -1.70. The highest BCUT2D eigenvalue weighted by molar-refractivity contribution is 7.98. The number of aromatic nitrogens is 2. The second-order valence-electron chi connectivity index (χ2n) is 4.81. The summed E-state index contributed by atoms with van der Waals surface area (Å²) in [6, 6.07) is 3.45. The molecule has 0 aliphatic rings. The fraction of sp³-hybridized carbons (Fsp3) is 0.429. The Morgan fingerprint density at radius 1 is 1.41 bits per heavy atom. The quantitative estimate of drug-likeness (QED) is 0.916. The fourth-order valence-corrected chi connectivity index (χ4v) is 2.43. The van der Waals surface area contributed by atoms with Crippen molar-refractivity contribution in [3.63, 3.8) is 0 Å². The third-order valence-corrected chi connectivity index (χ3v) is 3.89. The van der Waals surface area contributed by atoms with Crippen LogP contribution in [0.5, 0.6) is 0 Å². The lowest BCUT2D eigenvalue weighted by Gasteiger charge is -2.06.